The first-order valence-corrected chi connectivity index (χ1v) is 9.86. The second-order valence-corrected chi connectivity index (χ2v) is 7.70. The number of esters is 1. The van der Waals surface area contributed by atoms with Gasteiger partial charge in [-0.3, -0.25) is 4.79 Å². The lowest BCUT2D eigenvalue weighted by Crippen LogP contribution is -2.23. The van der Waals surface area contributed by atoms with Crippen LogP contribution in [0.3, 0.4) is 0 Å². The summed E-state index contributed by atoms with van der Waals surface area (Å²) in [6.07, 6.45) is 3.46. The first-order chi connectivity index (χ1) is 12.9. The molecule has 0 saturated carbocycles. The summed E-state index contributed by atoms with van der Waals surface area (Å²) < 4.78 is 32.5. The van der Waals surface area contributed by atoms with E-state index in [1.54, 1.807) is 48.6 Å². The monoisotopic (exact) mass is 381 g/mol. The lowest BCUT2D eigenvalue weighted by Gasteiger charge is -2.06. The molecule has 0 radical (unpaired) electrons. The number of rotatable bonds is 6. The minimum Gasteiger partial charge on any atom is -0.427 e. The fourth-order valence-electron chi connectivity index (χ4n) is 2.62. The Morgan fingerprint density at radius 3 is 2.56 bits per heavy atom. The van der Waals surface area contributed by atoms with Crippen molar-refractivity contribution in [3.8, 4) is 5.75 Å². The number of hydrogen-bond donors (Lipinski definition) is 1. The molecule has 27 heavy (non-hydrogen) atoms. The quantitative estimate of drug-likeness (QED) is 0.521. The highest BCUT2D eigenvalue weighted by Crippen LogP contribution is 2.19. The normalized spacial score (nSPS) is 11.7. The van der Waals surface area contributed by atoms with Gasteiger partial charge in [0, 0.05) is 13.5 Å². The molecule has 3 rings (SSSR count). The number of fused-ring (bicyclic) bond motifs is 1. The molecule has 6 heteroatoms. The van der Waals surface area contributed by atoms with Crippen LogP contribution < -0.4 is 9.46 Å². The third-order valence-corrected chi connectivity index (χ3v) is 5.27. The van der Waals surface area contributed by atoms with Gasteiger partial charge in [-0.05, 0) is 40.6 Å². The number of benzene rings is 3. The van der Waals surface area contributed by atoms with E-state index < -0.39 is 10.0 Å². The van der Waals surface area contributed by atoms with Gasteiger partial charge in [0.15, 0.2) is 0 Å². The lowest BCUT2D eigenvalue weighted by atomic mass is 10.1. The molecule has 3 aromatic rings. The van der Waals surface area contributed by atoms with Crippen LogP contribution in [0.15, 0.2) is 77.7 Å². The van der Waals surface area contributed by atoms with Gasteiger partial charge in [0.2, 0.25) is 10.0 Å². The number of nitrogens with one attached hydrogen (secondary N) is 1. The van der Waals surface area contributed by atoms with E-state index in [1.807, 2.05) is 30.3 Å². The molecule has 0 saturated heterocycles. The summed E-state index contributed by atoms with van der Waals surface area (Å²) >= 11 is 0. The van der Waals surface area contributed by atoms with E-state index in [0.717, 1.165) is 16.3 Å². The van der Waals surface area contributed by atoms with Crippen LogP contribution in [0.4, 0.5) is 0 Å². The molecule has 0 atom stereocenters. The third kappa shape index (κ3) is 5.03. The van der Waals surface area contributed by atoms with Crippen molar-refractivity contribution in [1.29, 1.82) is 0 Å². The molecule has 0 bridgehead atoms. The zero-order chi connectivity index (χ0) is 19.3. The van der Waals surface area contributed by atoms with Gasteiger partial charge in [0.25, 0.3) is 0 Å². The Morgan fingerprint density at radius 1 is 1.00 bits per heavy atom. The van der Waals surface area contributed by atoms with Crippen molar-refractivity contribution in [3.63, 3.8) is 0 Å². The van der Waals surface area contributed by atoms with Gasteiger partial charge >= 0.3 is 5.97 Å². The average Bonchev–Trinajstić information content (AvgIpc) is 2.65. The maximum absolute atomic E-state index is 12.5. The predicted octanol–water partition coefficient (Wildman–Crippen LogP) is 3.76. The molecule has 0 amide bonds. The van der Waals surface area contributed by atoms with Crippen LogP contribution in [0, 0.1) is 0 Å². The van der Waals surface area contributed by atoms with Crippen molar-refractivity contribution in [2.45, 2.75) is 11.8 Å². The Balaban J connectivity index is 1.66. The number of carbonyl (C=O) groups excluding carboxylic acids is 1. The van der Waals surface area contributed by atoms with E-state index in [-0.39, 0.29) is 17.4 Å². The molecular weight excluding hydrogens is 362 g/mol. The summed E-state index contributed by atoms with van der Waals surface area (Å²) in [5.41, 5.74) is 0.804. The third-order valence-electron chi connectivity index (χ3n) is 3.85. The number of ether oxygens (including phenoxy) is 1. The largest absolute Gasteiger partial charge is 0.427 e. The van der Waals surface area contributed by atoms with E-state index in [0.29, 0.717) is 5.75 Å². The molecule has 0 aliphatic heterocycles. The fraction of sp³-hybridized carbons (Fsp3) is 0.0952. The van der Waals surface area contributed by atoms with Gasteiger partial charge in [0.05, 0.1) is 4.90 Å². The van der Waals surface area contributed by atoms with Crippen LogP contribution >= 0.6 is 0 Å². The van der Waals surface area contributed by atoms with Crippen molar-refractivity contribution in [2.75, 3.05) is 6.54 Å². The molecule has 0 aliphatic rings. The highest BCUT2D eigenvalue weighted by atomic mass is 32.2. The molecular formula is C21H19NO4S. The van der Waals surface area contributed by atoms with Gasteiger partial charge in [-0.15, -0.1) is 0 Å². The Morgan fingerprint density at radius 2 is 1.78 bits per heavy atom. The highest BCUT2D eigenvalue weighted by Gasteiger charge is 2.12. The van der Waals surface area contributed by atoms with Crippen LogP contribution in [-0.4, -0.2) is 20.9 Å². The summed E-state index contributed by atoms with van der Waals surface area (Å²) in [6.45, 7) is 1.48. The Bertz CT molecular complexity index is 1100. The molecule has 0 aromatic heterocycles. The second kappa shape index (κ2) is 8.16. The molecule has 0 unspecified atom stereocenters. The smallest absolute Gasteiger partial charge is 0.308 e. The van der Waals surface area contributed by atoms with Crippen LogP contribution in [-0.2, 0) is 14.8 Å². The number of carbonyl (C=O) groups is 1. The van der Waals surface area contributed by atoms with Crippen molar-refractivity contribution >= 4 is 32.8 Å². The average molecular weight is 381 g/mol. The lowest BCUT2D eigenvalue weighted by molar-refractivity contribution is -0.131. The van der Waals surface area contributed by atoms with E-state index in [2.05, 4.69) is 4.72 Å². The minimum atomic E-state index is -3.60. The Hall–Kier alpha value is -2.96. The maximum atomic E-state index is 12.5. The maximum Gasteiger partial charge on any atom is 0.308 e. The highest BCUT2D eigenvalue weighted by molar-refractivity contribution is 7.89. The van der Waals surface area contributed by atoms with E-state index in [1.165, 1.54) is 6.92 Å². The topological polar surface area (TPSA) is 72.5 Å². The zero-order valence-corrected chi connectivity index (χ0v) is 15.6. The van der Waals surface area contributed by atoms with Gasteiger partial charge in [-0.25, -0.2) is 13.1 Å². The molecule has 1 N–H and O–H groups in total. The van der Waals surface area contributed by atoms with Crippen molar-refractivity contribution < 1.29 is 17.9 Å². The fourth-order valence-corrected chi connectivity index (χ4v) is 3.63. The molecule has 0 spiro atoms. The van der Waals surface area contributed by atoms with Crippen LogP contribution in [0.25, 0.3) is 16.8 Å². The summed E-state index contributed by atoms with van der Waals surface area (Å²) in [7, 11) is -3.60. The van der Waals surface area contributed by atoms with Crippen LogP contribution in [0.2, 0.25) is 0 Å². The summed E-state index contributed by atoms with van der Waals surface area (Å²) in [5.74, 6) is 0.0562. The van der Waals surface area contributed by atoms with Gasteiger partial charge in [0.1, 0.15) is 5.75 Å². The van der Waals surface area contributed by atoms with Gasteiger partial charge < -0.3 is 4.74 Å². The van der Waals surface area contributed by atoms with E-state index in [4.69, 9.17) is 4.74 Å². The molecule has 0 heterocycles. The van der Waals surface area contributed by atoms with E-state index >= 15 is 0 Å². The molecule has 0 aliphatic carbocycles. The summed E-state index contributed by atoms with van der Waals surface area (Å²) in [4.78, 5) is 11.2. The molecule has 3 aromatic carbocycles. The first-order valence-electron chi connectivity index (χ1n) is 8.37. The zero-order valence-electron chi connectivity index (χ0n) is 14.8. The standard InChI is InChI=1S/C21H19NO4S/c1-16(23)26-20-10-4-6-17(14-20)7-5-13-22-27(24,25)21-12-11-18-8-2-3-9-19(18)15-21/h2-12,14-15,22H,13H2,1H3/b7-5+. The minimum absolute atomic E-state index is 0.146. The van der Waals surface area contributed by atoms with Crippen molar-refractivity contribution in [3.05, 3.63) is 78.4 Å². The summed E-state index contributed by atoms with van der Waals surface area (Å²) in [5, 5.41) is 1.86. The van der Waals surface area contributed by atoms with Gasteiger partial charge in [-0.2, -0.15) is 0 Å². The van der Waals surface area contributed by atoms with Gasteiger partial charge in [-0.1, -0.05) is 54.6 Å². The molecule has 138 valence electrons. The van der Waals surface area contributed by atoms with Crippen LogP contribution in [0.5, 0.6) is 5.75 Å². The van der Waals surface area contributed by atoms with Crippen molar-refractivity contribution in [1.82, 2.24) is 4.72 Å². The number of hydrogen-bond acceptors (Lipinski definition) is 4. The predicted molar refractivity (Wildman–Crippen MR) is 106 cm³/mol. The SMILES string of the molecule is CC(=O)Oc1cccc(/C=C/CNS(=O)(=O)c2ccc3ccccc3c2)c1. The Labute approximate surface area is 158 Å². The summed E-state index contributed by atoms with van der Waals surface area (Å²) in [6, 6.07) is 19.6. The molecule has 5 nitrogen and oxygen atoms in total. The second-order valence-electron chi connectivity index (χ2n) is 5.93. The first kappa shape index (κ1) is 18.8. The van der Waals surface area contributed by atoms with Crippen LogP contribution in [0.1, 0.15) is 12.5 Å². The van der Waals surface area contributed by atoms with E-state index in [9.17, 15) is 13.2 Å². The Kier molecular flexibility index (Phi) is 5.69. The number of sulfonamides is 1. The molecule has 0 fully saturated rings. The van der Waals surface area contributed by atoms with Crippen molar-refractivity contribution in [2.24, 2.45) is 0 Å².